The standard InChI is InChI=1S/C28H39N7O4/c36-28(39-25-20-30-24(19-31-25)34-14-17-37-18-15-34)32-23-3-1-21(2-4-23)6-9-33-10-12-35(13-11-33)27-26-22(5-8-29-27)7-16-38-26/h5,8,19-21,23H,1-4,6-7,9-18H2,(H,32,36). The number of hydrogen-bond acceptors (Lipinski definition) is 10. The maximum Gasteiger partial charge on any atom is 0.414 e. The van der Waals surface area contributed by atoms with Gasteiger partial charge >= 0.3 is 6.09 Å². The normalized spacial score (nSPS) is 23.7. The molecule has 1 N–H and O–H groups in total. The second-order valence-corrected chi connectivity index (χ2v) is 10.9. The van der Waals surface area contributed by atoms with Crippen molar-refractivity contribution in [1.82, 2.24) is 25.2 Å². The zero-order valence-corrected chi connectivity index (χ0v) is 22.6. The highest BCUT2D eigenvalue weighted by atomic mass is 16.6. The lowest BCUT2D eigenvalue weighted by molar-refractivity contribution is 0.122. The smallest absolute Gasteiger partial charge is 0.414 e. The zero-order valence-electron chi connectivity index (χ0n) is 22.6. The van der Waals surface area contributed by atoms with Crippen molar-refractivity contribution in [1.29, 1.82) is 0 Å². The Bertz CT molecular complexity index is 1100. The Morgan fingerprint density at radius 1 is 0.949 bits per heavy atom. The summed E-state index contributed by atoms with van der Waals surface area (Å²) in [6, 6.07) is 2.23. The van der Waals surface area contributed by atoms with E-state index in [9.17, 15) is 4.79 Å². The third-order valence-electron chi connectivity index (χ3n) is 8.43. The second-order valence-electron chi connectivity index (χ2n) is 10.9. The summed E-state index contributed by atoms with van der Waals surface area (Å²) in [5, 5.41) is 3.02. The number of morpholine rings is 1. The van der Waals surface area contributed by atoms with Gasteiger partial charge in [-0.1, -0.05) is 0 Å². The number of aromatic nitrogens is 3. The van der Waals surface area contributed by atoms with Crippen molar-refractivity contribution in [2.75, 3.05) is 75.4 Å². The Kier molecular flexibility index (Phi) is 8.24. The lowest BCUT2D eigenvalue weighted by Crippen LogP contribution is -2.47. The highest BCUT2D eigenvalue weighted by molar-refractivity contribution is 5.70. The predicted octanol–water partition coefficient (Wildman–Crippen LogP) is 2.50. The van der Waals surface area contributed by atoms with Gasteiger partial charge in [-0.15, -0.1) is 0 Å². The summed E-state index contributed by atoms with van der Waals surface area (Å²) in [4.78, 5) is 32.8. The van der Waals surface area contributed by atoms with Crippen LogP contribution in [-0.4, -0.2) is 97.6 Å². The fourth-order valence-corrected chi connectivity index (χ4v) is 6.07. The van der Waals surface area contributed by atoms with Gasteiger partial charge in [-0.25, -0.2) is 19.7 Å². The number of ether oxygens (including phenoxy) is 3. The van der Waals surface area contributed by atoms with Crippen molar-refractivity contribution in [3.8, 4) is 11.6 Å². The summed E-state index contributed by atoms with van der Waals surface area (Å²) in [5.41, 5.74) is 1.28. The van der Waals surface area contributed by atoms with E-state index in [-0.39, 0.29) is 11.9 Å². The third-order valence-corrected chi connectivity index (χ3v) is 8.43. The summed E-state index contributed by atoms with van der Waals surface area (Å²) in [6.45, 7) is 8.96. The quantitative estimate of drug-likeness (QED) is 0.566. The molecule has 0 aromatic carbocycles. The Labute approximate surface area is 229 Å². The highest BCUT2D eigenvalue weighted by Gasteiger charge is 2.27. The molecule has 1 aliphatic carbocycles. The highest BCUT2D eigenvalue weighted by Crippen LogP contribution is 2.34. The first-order chi connectivity index (χ1) is 19.2. The molecule has 0 atom stereocenters. The Morgan fingerprint density at radius 3 is 2.54 bits per heavy atom. The van der Waals surface area contributed by atoms with E-state index in [1.165, 1.54) is 18.2 Å². The van der Waals surface area contributed by atoms with E-state index in [2.05, 4.69) is 41.0 Å². The zero-order chi connectivity index (χ0) is 26.4. The molecule has 1 amide bonds. The van der Waals surface area contributed by atoms with Crippen molar-refractivity contribution in [2.45, 2.75) is 44.6 Å². The van der Waals surface area contributed by atoms with Gasteiger partial charge in [0.05, 0.1) is 32.2 Å². The number of nitrogens with one attached hydrogen (secondary N) is 1. The topological polar surface area (TPSA) is 105 Å². The number of piperazine rings is 1. The monoisotopic (exact) mass is 537 g/mol. The maximum absolute atomic E-state index is 12.4. The lowest BCUT2D eigenvalue weighted by atomic mass is 9.84. The minimum absolute atomic E-state index is 0.153. The van der Waals surface area contributed by atoms with Gasteiger partial charge in [-0.3, -0.25) is 4.90 Å². The van der Waals surface area contributed by atoms with E-state index >= 15 is 0 Å². The van der Waals surface area contributed by atoms with Crippen molar-refractivity contribution in [3.05, 3.63) is 30.2 Å². The largest absolute Gasteiger partial charge is 0.489 e. The molecule has 3 fully saturated rings. The van der Waals surface area contributed by atoms with Crippen LogP contribution < -0.4 is 24.6 Å². The van der Waals surface area contributed by atoms with Gasteiger partial charge in [0.2, 0.25) is 5.88 Å². The van der Waals surface area contributed by atoms with Crippen LogP contribution in [0.3, 0.4) is 0 Å². The number of hydrogen-bond donors (Lipinski definition) is 1. The minimum atomic E-state index is -0.450. The van der Waals surface area contributed by atoms with Crippen molar-refractivity contribution in [3.63, 3.8) is 0 Å². The molecular weight excluding hydrogens is 498 g/mol. The molecule has 0 bridgehead atoms. The number of pyridine rings is 1. The fraction of sp³-hybridized carbons (Fsp3) is 0.643. The average molecular weight is 538 g/mol. The van der Waals surface area contributed by atoms with E-state index in [0.717, 1.165) is 102 Å². The average Bonchev–Trinajstić information content (AvgIpc) is 3.47. The number of fused-ring (bicyclic) bond motifs is 1. The van der Waals surface area contributed by atoms with Crippen LogP contribution in [0, 0.1) is 5.92 Å². The molecule has 39 heavy (non-hydrogen) atoms. The number of anilines is 2. The number of carbonyl (C=O) groups excluding carboxylic acids is 1. The molecule has 2 saturated heterocycles. The third kappa shape index (κ3) is 6.52. The molecule has 0 radical (unpaired) electrons. The maximum atomic E-state index is 12.4. The number of rotatable bonds is 7. The van der Waals surface area contributed by atoms with Crippen LogP contribution in [0.2, 0.25) is 0 Å². The van der Waals surface area contributed by atoms with Crippen LogP contribution in [-0.2, 0) is 11.2 Å². The fourth-order valence-electron chi connectivity index (χ4n) is 6.07. The van der Waals surface area contributed by atoms with Crippen LogP contribution in [0.15, 0.2) is 24.7 Å². The van der Waals surface area contributed by atoms with E-state index in [4.69, 9.17) is 14.2 Å². The Morgan fingerprint density at radius 2 is 1.77 bits per heavy atom. The van der Waals surface area contributed by atoms with Crippen LogP contribution >= 0.6 is 0 Å². The molecule has 3 aliphatic heterocycles. The Balaban J connectivity index is 0.874. The van der Waals surface area contributed by atoms with Gasteiger partial charge in [0, 0.05) is 63.5 Å². The van der Waals surface area contributed by atoms with E-state index in [1.54, 1.807) is 6.20 Å². The molecule has 5 heterocycles. The molecular formula is C28H39N7O4. The summed E-state index contributed by atoms with van der Waals surface area (Å²) in [7, 11) is 0. The first kappa shape index (κ1) is 26.1. The summed E-state index contributed by atoms with van der Waals surface area (Å²) in [5.74, 6) is 3.72. The predicted molar refractivity (Wildman–Crippen MR) is 147 cm³/mol. The van der Waals surface area contributed by atoms with Gasteiger partial charge in [-0.2, -0.15) is 0 Å². The molecule has 6 rings (SSSR count). The molecule has 1 saturated carbocycles. The molecule has 11 nitrogen and oxygen atoms in total. The second kappa shape index (κ2) is 12.3. The summed E-state index contributed by atoms with van der Waals surface area (Å²) in [6.07, 6.45) is 11.1. The van der Waals surface area contributed by atoms with E-state index in [1.807, 2.05) is 6.20 Å². The number of amides is 1. The first-order valence-electron chi connectivity index (χ1n) is 14.4. The van der Waals surface area contributed by atoms with Gasteiger partial charge in [0.25, 0.3) is 0 Å². The van der Waals surface area contributed by atoms with E-state index in [0.29, 0.717) is 19.1 Å². The molecule has 0 unspecified atom stereocenters. The van der Waals surface area contributed by atoms with Gasteiger partial charge in [0.1, 0.15) is 5.82 Å². The van der Waals surface area contributed by atoms with Crippen LogP contribution in [0.4, 0.5) is 16.4 Å². The SMILES string of the molecule is O=C(NC1CCC(CCN2CCN(c3nccc4c3OCC4)CC2)CC1)Oc1cnc(N2CCOCC2)cn1. The summed E-state index contributed by atoms with van der Waals surface area (Å²) < 4.78 is 16.6. The minimum Gasteiger partial charge on any atom is -0.489 e. The van der Waals surface area contributed by atoms with Gasteiger partial charge in [0.15, 0.2) is 11.6 Å². The molecule has 0 spiro atoms. The lowest BCUT2D eigenvalue weighted by Gasteiger charge is -2.37. The van der Waals surface area contributed by atoms with Crippen LogP contribution in [0.5, 0.6) is 11.6 Å². The first-order valence-corrected chi connectivity index (χ1v) is 14.4. The van der Waals surface area contributed by atoms with Gasteiger partial charge in [-0.05, 0) is 50.6 Å². The molecule has 210 valence electrons. The van der Waals surface area contributed by atoms with Crippen molar-refractivity contribution in [2.24, 2.45) is 5.92 Å². The number of nitrogens with zero attached hydrogens (tertiary/aromatic N) is 6. The molecule has 11 heteroatoms. The molecule has 4 aliphatic rings. The van der Waals surface area contributed by atoms with Crippen LogP contribution in [0.25, 0.3) is 0 Å². The molecule has 2 aromatic rings. The van der Waals surface area contributed by atoms with Gasteiger partial charge < -0.3 is 29.3 Å². The summed E-state index contributed by atoms with van der Waals surface area (Å²) >= 11 is 0. The van der Waals surface area contributed by atoms with E-state index < -0.39 is 6.09 Å². The molecule has 2 aromatic heterocycles. The van der Waals surface area contributed by atoms with Crippen LogP contribution in [0.1, 0.15) is 37.7 Å². The van der Waals surface area contributed by atoms with Crippen molar-refractivity contribution < 1.29 is 19.0 Å². The number of carbonyl (C=O) groups is 1. The Hall–Kier alpha value is -3.18. The van der Waals surface area contributed by atoms with Crippen molar-refractivity contribution >= 4 is 17.7 Å².